The predicted molar refractivity (Wildman–Crippen MR) is 102 cm³/mol. The van der Waals surface area contributed by atoms with Crippen LogP contribution in [0.4, 0.5) is 0 Å². The number of hydrogen-bond donors (Lipinski definition) is 0. The van der Waals surface area contributed by atoms with Gasteiger partial charge < -0.3 is 4.74 Å². The summed E-state index contributed by atoms with van der Waals surface area (Å²) < 4.78 is 5.88. The van der Waals surface area contributed by atoms with E-state index < -0.39 is 0 Å². The molecule has 1 saturated heterocycles. The highest BCUT2D eigenvalue weighted by Crippen LogP contribution is 2.87. The highest BCUT2D eigenvalue weighted by molar-refractivity contribution is 5.93. The maximum absolute atomic E-state index is 12.3. The topological polar surface area (TPSA) is 43.4 Å². The number of rotatable bonds is 0. The van der Waals surface area contributed by atoms with Gasteiger partial charge in [-0.3, -0.25) is 9.59 Å². The van der Waals surface area contributed by atoms with Gasteiger partial charge >= 0.3 is 5.97 Å². The Balaban J connectivity index is 1.43. The Morgan fingerprint density at radius 2 is 1.81 bits per heavy atom. The fraction of sp³-hybridized carbons (Fsp3) is 0.833. The summed E-state index contributed by atoms with van der Waals surface area (Å²) in [5.41, 5.74) is 1.15. The molecule has 0 radical (unpaired) electrons. The molecule has 6 aliphatic rings. The van der Waals surface area contributed by atoms with Crippen LogP contribution in [-0.4, -0.2) is 17.9 Å². The van der Waals surface area contributed by atoms with Crippen LogP contribution in [0.15, 0.2) is 12.2 Å². The van der Waals surface area contributed by atoms with Crippen LogP contribution in [-0.2, 0) is 14.3 Å². The third-order valence-electron chi connectivity index (χ3n) is 11.2. The van der Waals surface area contributed by atoms with Gasteiger partial charge in [0.15, 0.2) is 5.78 Å². The number of ether oxygens (including phenoxy) is 1. The average Bonchev–Trinajstić information content (AvgIpc) is 3.12. The molecule has 2 spiro atoms. The van der Waals surface area contributed by atoms with Gasteiger partial charge in [0.2, 0.25) is 0 Å². The first-order chi connectivity index (χ1) is 12.7. The Labute approximate surface area is 162 Å². The van der Waals surface area contributed by atoms with Crippen molar-refractivity contribution in [3.8, 4) is 0 Å². The third-order valence-corrected chi connectivity index (χ3v) is 11.2. The summed E-state index contributed by atoms with van der Waals surface area (Å²) in [4.78, 5) is 24.6. The second kappa shape index (κ2) is 4.54. The van der Waals surface area contributed by atoms with Gasteiger partial charge in [-0.05, 0) is 78.1 Å². The summed E-state index contributed by atoms with van der Waals surface area (Å²) in [5, 5.41) is 0. The highest BCUT2D eigenvalue weighted by atomic mass is 16.6. The Morgan fingerprint density at radius 3 is 2.59 bits per heavy atom. The molecule has 0 N–H and O–H groups in total. The number of allylic oxidation sites excluding steroid dienone is 2. The smallest absolute Gasteiger partial charge is 0.309 e. The molecule has 2 unspecified atom stereocenters. The van der Waals surface area contributed by atoms with Crippen LogP contribution >= 0.6 is 0 Å². The van der Waals surface area contributed by atoms with Crippen molar-refractivity contribution in [1.29, 1.82) is 0 Å². The Bertz CT molecular complexity index is 799. The molecule has 1 heterocycles. The van der Waals surface area contributed by atoms with Crippen molar-refractivity contribution in [2.45, 2.75) is 72.3 Å². The second-order valence-electron chi connectivity index (χ2n) is 11.5. The fourth-order valence-corrected chi connectivity index (χ4v) is 9.79. The van der Waals surface area contributed by atoms with Crippen LogP contribution in [0.3, 0.4) is 0 Å². The van der Waals surface area contributed by atoms with Crippen LogP contribution < -0.4 is 0 Å². The van der Waals surface area contributed by atoms with Crippen molar-refractivity contribution in [2.75, 3.05) is 0 Å². The molecule has 5 aliphatic carbocycles. The van der Waals surface area contributed by atoms with Crippen molar-refractivity contribution < 1.29 is 14.3 Å². The Morgan fingerprint density at radius 1 is 1.04 bits per heavy atom. The van der Waals surface area contributed by atoms with Crippen molar-refractivity contribution in [3.05, 3.63) is 12.2 Å². The van der Waals surface area contributed by atoms with Crippen LogP contribution in [0.25, 0.3) is 0 Å². The van der Waals surface area contributed by atoms with Gasteiger partial charge in [0, 0.05) is 11.8 Å². The second-order valence-corrected chi connectivity index (χ2v) is 11.5. The molecule has 27 heavy (non-hydrogen) atoms. The minimum Gasteiger partial charge on any atom is -0.462 e. The van der Waals surface area contributed by atoms with E-state index in [0.29, 0.717) is 29.0 Å². The molecule has 146 valence electrons. The van der Waals surface area contributed by atoms with Gasteiger partial charge in [-0.1, -0.05) is 33.8 Å². The van der Waals surface area contributed by atoms with E-state index in [9.17, 15) is 9.59 Å². The molecule has 0 bridgehead atoms. The van der Waals surface area contributed by atoms with Crippen LogP contribution in [0.5, 0.6) is 0 Å². The van der Waals surface area contributed by atoms with Crippen LogP contribution in [0.2, 0.25) is 0 Å². The molecule has 4 saturated carbocycles. The fourth-order valence-electron chi connectivity index (χ4n) is 9.79. The Kier molecular flexibility index (Phi) is 2.83. The van der Waals surface area contributed by atoms with E-state index in [2.05, 4.69) is 33.8 Å². The van der Waals surface area contributed by atoms with Crippen molar-refractivity contribution in [1.82, 2.24) is 0 Å². The van der Waals surface area contributed by atoms with Gasteiger partial charge in [0.1, 0.15) is 6.10 Å². The first-order valence-corrected chi connectivity index (χ1v) is 11.1. The lowest BCUT2D eigenvalue weighted by Gasteiger charge is -2.60. The maximum atomic E-state index is 12.3. The lowest BCUT2D eigenvalue weighted by Crippen LogP contribution is -2.55. The first-order valence-electron chi connectivity index (χ1n) is 11.1. The molecule has 10 atom stereocenters. The van der Waals surface area contributed by atoms with Gasteiger partial charge in [-0.25, -0.2) is 0 Å². The highest BCUT2D eigenvalue weighted by Gasteiger charge is 2.82. The molecule has 1 aliphatic heterocycles. The molecule has 3 heteroatoms. The minimum atomic E-state index is 0.0303. The number of hydrogen-bond acceptors (Lipinski definition) is 3. The van der Waals surface area contributed by atoms with E-state index in [1.165, 1.54) is 32.1 Å². The van der Waals surface area contributed by atoms with Crippen LogP contribution in [0, 0.1) is 51.2 Å². The van der Waals surface area contributed by atoms with Gasteiger partial charge in [-0.15, -0.1) is 0 Å². The van der Waals surface area contributed by atoms with E-state index in [-0.39, 0.29) is 40.2 Å². The van der Waals surface area contributed by atoms with E-state index in [0.717, 1.165) is 6.42 Å². The van der Waals surface area contributed by atoms with E-state index in [1.54, 1.807) is 0 Å². The summed E-state index contributed by atoms with van der Waals surface area (Å²) in [5.74, 6) is 2.27. The molecule has 0 aromatic heterocycles. The standard InChI is InChI=1S/C24H32O3/c1-13-15-5-6-18-22(4)11-17-19(14(2)20(26)27-17)21(22,3)9-10-24(18)12-23(15,24)8-7-16(13)25/h7-8,13-15,17-19H,5-6,9-12H2,1-4H3/t13-,14-,15?,17-,18?,19-,21+,22-,23+,24-/m0/s1. The zero-order chi connectivity index (χ0) is 19.0. The summed E-state index contributed by atoms with van der Waals surface area (Å²) in [7, 11) is 0. The zero-order valence-electron chi connectivity index (χ0n) is 17.1. The van der Waals surface area contributed by atoms with Crippen LogP contribution in [0.1, 0.15) is 66.2 Å². The van der Waals surface area contributed by atoms with Gasteiger partial charge in [0.05, 0.1) is 5.92 Å². The number of esters is 1. The quantitative estimate of drug-likeness (QED) is 0.589. The Hall–Kier alpha value is -1.12. The average molecular weight is 369 g/mol. The summed E-state index contributed by atoms with van der Waals surface area (Å²) in [6, 6.07) is 0. The minimum absolute atomic E-state index is 0.0303. The monoisotopic (exact) mass is 368 g/mol. The summed E-state index contributed by atoms with van der Waals surface area (Å²) in [6.07, 6.45) is 11.7. The first kappa shape index (κ1) is 16.8. The molecule has 0 aromatic carbocycles. The summed E-state index contributed by atoms with van der Waals surface area (Å²) in [6.45, 7) is 9.28. The maximum Gasteiger partial charge on any atom is 0.309 e. The molecule has 6 rings (SSSR count). The van der Waals surface area contributed by atoms with E-state index >= 15 is 0 Å². The molecular formula is C24H32O3. The molecule has 0 amide bonds. The van der Waals surface area contributed by atoms with E-state index in [1.807, 2.05) is 6.08 Å². The lowest BCUT2D eigenvalue weighted by atomic mass is 9.43. The SMILES string of the molecule is C[C@@H]1C(=O)C=C[C@]23C[C@]24CC[C@]2(C)[C@@H]5[C@H](C[C@@]2(C)C4CCC13)OC(=O)[C@H]5C. The summed E-state index contributed by atoms with van der Waals surface area (Å²) >= 11 is 0. The third kappa shape index (κ3) is 1.54. The van der Waals surface area contributed by atoms with Crippen molar-refractivity contribution in [3.63, 3.8) is 0 Å². The molecule has 5 fully saturated rings. The normalized spacial score (nSPS) is 62.8. The number of ketones is 1. The molecule has 0 aromatic rings. The lowest BCUT2D eigenvalue weighted by molar-refractivity contribution is -0.150. The largest absolute Gasteiger partial charge is 0.462 e. The molecule has 3 nitrogen and oxygen atoms in total. The zero-order valence-corrected chi connectivity index (χ0v) is 17.1. The molecular weight excluding hydrogens is 336 g/mol. The number of carbonyl (C=O) groups is 2. The van der Waals surface area contributed by atoms with E-state index in [4.69, 9.17) is 4.74 Å². The van der Waals surface area contributed by atoms with Crippen molar-refractivity contribution >= 4 is 11.8 Å². The van der Waals surface area contributed by atoms with Gasteiger partial charge in [0.25, 0.3) is 0 Å². The predicted octanol–water partition coefficient (Wildman–Crippen LogP) is 4.55. The number of carbonyl (C=O) groups excluding carboxylic acids is 2. The van der Waals surface area contributed by atoms with Gasteiger partial charge in [-0.2, -0.15) is 0 Å². The van der Waals surface area contributed by atoms with Crippen molar-refractivity contribution in [2.24, 2.45) is 51.2 Å². The number of fused-ring (bicyclic) bond motifs is 4.